The standard InChI is InChI=1S/C22H28N2O3/c25-16-20-6-4-5-14-24(20)15-13-23-22(26)19-11-9-18(10-12-19)17-27-21-7-2-1-3-8-21/h1-3,7-12,20,25H,4-6,13-17H2,(H,23,26). The predicted molar refractivity (Wildman–Crippen MR) is 106 cm³/mol. The molecule has 3 rings (SSSR count). The molecule has 0 bridgehead atoms. The lowest BCUT2D eigenvalue weighted by Crippen LogP contribution is -2.45. The number of amides is 1. The quantitative estimate of drug-likeness (QED) is 0.752. The van der Waals surface area contributed by atoms with Crippen LogP contribution in [0.25, 0.3) is 0 Å². The van der Waals surface area contributed by atoms with Gasteiger partial charge in [0.25, 0.3) is 5.91 Å². The van der Waals surface area contributed by atoms with Crippen molar-refractivity contribution in [2.24, 2.45) is 0 Å². The van der Waals surface area contributed by atoms with Crippen molar-refractivity contribution in [3.05, 3.63) is 65.7 Å². The number of hydrogen-bond donors (Lipinski definition) is 2. The van der Waals surface area contributed by atoms with Crippen LogP contribution in [0, 0.1) is 0 Å². The maximum Gasteiger partial charge on any atom is 0.251 e. The number of aliphatic hydroxyl groups excluding tert-OH is 1. The third kappa shape index (κ3) is 5.81. The summed E-state index contributed by atoms with van der Waals surface area (Å²) < 4.78 is 5.72. The van der Waals surface area contributed by atoms with Crippen LogP contribution in [0.15, 0.2) is 54.6 Å². The number of likely N-dealkylation sites (tertiary alicyclic amines) is 1. The number of ether oxygens (including phenoxy) is 1. The number of benzene rings is 2. The van der Waals surface area contributed by atoms with Gasteiger partial charge in [-0.15, -0.1) is 0 Å². The summed E-state index contributed by atoms with van der Waals surface area (Å²) in [5, 5.41) is 12.4. The normalized spacial score (nSPS) is 17.4. The van der Waals surface area contributed by atoms with Gasteiger partial charge < -0.3 is 15.2 Å². The lowest BCUT2D eigenvalue weighted by atomic mass is 10.0. The van der Waals surface area contributed by atoms with Crippen LogP contribution in [0.4, 0.5) is 0 Å². The van der Waals surface area contributed by atoms with E-state index in [1.807, 2.05) is 54.6 Å². The SMILES string of the molecule is O=C(NCCN1CCCCC1CO)c1ccc(COc2ccccc2)cc1. The van der Waals surface area contributed by atoms with Gasteiger partial charge >= 0.3 is 0 Å². The van der Waals surface area contributed by atoms with E-state index in [2.05, 4.69) is 10.2 Å². The number of aliphatic hydroxyl groups is 1. The molecule has 1 unspecified atom stereocenters. The lowest BCUT2D eigenvalue weighted by Gasteiger charge is -2.34. The number of hydrogen-bond acceptors (Lipinski definition) is 4. The summed E-state index contributed by atoms with van der Waals surface area (Å²) >= 11 is 0. The van der Waals surface area contributed by atoms with Crippen LogP contribution in [0.3, 0.4) is 0 Å². The molecule has 1 atom stereocenters. The van der Waals surface area contributed by atoms with Gasteiger partial charge in [-0.2, -0.15) is 0 Å². The zero-order chi connectivity index (χ0) is 18.9. The Labute approximate surface area is 161 Å². The van der Waals surface area contributed by atoms with Crippen molar-refractivity contribution in [3.63, 3.8) is 0 Å². The molecule has 1 aliphatic heterocycles. The van der Waals surface area contributed by atoms with Crippen molar-refractivity contribution in [2.45, 2.75) is 31.9 Å². The lowest BCUT2D eigenvalue weighted by molar-refractivity contribution is 0.0849. The molecule has 1 fully saturated rings. The van der Waals surface area contributed by atoms with E-state index in [0.717, 1.165) is 37.2 Å². The Kier molecular flexibility index (Phi) is 7.25. The summed E-state index contributed by atoms with van der Waals surface area (Å²) in [5.41, 5.74) is 1.67. The number of rotatable bonds is 8. The molecule has 5 nitrogen and oxygen atoms in total. The topological polar surface area (TPSA) is 61.8 Å². The Bertz CT molecular complexity index is 703. The van der Waals surface area contributed by atoms with Crippen LogP contribution in [0.2, 0.25) is 0 Å². The summed E-state index contributed by atoms with van der Waals surface area (Å²) in [6.07, 6.45) is 3.38. The van der Waals surface area contributed by atoms with Gasteiger partial charge in [0.05, 0.1) is 6.61 Å². The minimum atomic E-state index is -0.0666. The highest BCUT2D eigenvalue weighted by molar-refractivity contribution is 5.94. The van der Waals surface area contributed by atoms with Gasteiger partial charge in [0.1, 0.15) is 12.4 Å². The van der Waals surface area contributed by atoms with Gasteiger partial charge in [0.15, 0.2) is 0 Å². The van der Waals surface area contributed by atoms with E-state index in [0.29, 0.717) is 18.7 Å². The summed E-state index contributed by atoms with van der Waals surface area (Å²) in [6.45, 7) is 3.04. The van der Waals surface area contributed by atoms with Gasteiger partial charge in [-0.25, -0.2) is 0 Å². The second-order valence-corrected chi connectivity index (χ2v) is 6.92. The Balaban J connectivity index is 1.43. The molecule has 5 heteroatoms. The maximum absolute atomic E-state index is 12.3. The highest BCUT2D eigenvalue weighted by Gasteiger charge is 2.21. The monoisotopic (exact) mass is 368 g/mol. The Morgan fingerprint density at radius 3 is 2.63 bits per heavy atom. The summed E-state index contributed by atoms with van der Waals surface area (Å²) in [6, 6.07) is 17.4. The molecule has 0 aliphatic carbocycles. The molecule has 27 heavy (non-hydrogen) atoms. The first-order valence-corrected chi connectivity index (χ1v) is 9.66. The molecule has 2 aromatic carbocycles. The number of carbonyl (C=O) groups is 1. The first-order chi connectivity index (χ1) is 13.3. The van der Waals surface area contributed by atoms with E-state index >= 15 is 0 Å². The van der Waals surface area contributed by atoms with E-state index in [1.165, 1.54) is 6.42 Å². The molecule has 1 amide bonds. The molecule has 1 aliphatic rings. The van der Waals surface area contributed by atoms with Crippen LogP contribution in [-0.4, -0.2) is 48.2 Å². The van der Waals surface area contributed by atoms with E-state index in [-0.39, 0.29) is 18.6 Å². The zero-order valence-electron chi connectivity index (χ0n) is 15.6. The van der Waals surface area contributed by atoms with E-state index in [9.17, 15) is 9.90 Å². The molecule has 1 saturated heterocycles. The molecule has 2 N–H and O–H groups in total. The first kappa shape index (κ1) is 19.4. The summed E-state index contributed by atoms with van der Waals surface area (Å²) in [7, 11) is 0. The molecular weight excluding hydrogens is 340 g/mol. The zero-order valence-corrected chi connectivity index (χ0v) is 15.6. The maximum atomic E-state index is 12.3. The van der Waals surface area contributed by atoms with Crippen LogP contribution in [0.1, 0.15) is 35.2 Å². The van der Waals surface area contributed by atoms with Crippen molar-refractivity contribution in [1.82, 2.24) is 10.2 Å². The molecule has 0 radical (unpaired) electrons. The number of para-hydroxylation sites is 1. The van der Waals surface area contributed by atoms with E-state index in [4.69, 9.17) is 4.74 Å². The fraction of sp³-hybridized carbons (Fsp3) is 0.409. The van der Waals surface area contributed by atoms with Crippen LogP contribution < -0.4 is 10.1 Å². The molecular formula is C22H28N2O3. The van der Waals surface area contributed by atoms with Crippen molar-refractivity contribution in [1.29, 1.82) is 0 Å². The molecule has 0 spiro atoms. The third-order valence-electron chi connectivity index (χ3n) is 5.01. The van der Waals surface area contributed by atoms with Gasteiger partial charge in [0.2, 0.25) is 0 Å². The second kappa shape index (κ2) is 10.1. The summed E-state index contributed by atoms with van der Waals surface area (Å²) in [5.74, 6) is 0.765. The largest absolute Gasteiger partial charge is 0.489 e. The van der Waals surface area contributed by atoms with Gasteiger partial charge in [-0.05, 0) is 49.2 Å². The molecule has 2 aromatic rings. The molecule has 144 valence electrons. The highest BCUT2D eigenvalue weighted by atomic mass is 16.5. The number of nitrogens with one attached hydrogen (secondary N) is 1. The van der Waals surface area contributed by atoms with Gasteiger partial charge in [-0.1, -0.05) is 36.8 Å². The van der Waals surface area contributed by atoms with Crippen molar-refractivity contribution < 1.29 is 14.6 Å². The van der Waals surface area contributed by atoms with Crippen molar-refractivity contribution >= 4 is 5.91 Å². The molecule has 0 aromatic heterocycles. The highest BCUT2D eigenvalue weighted by Crippen LogP contribution is 2.16. The average Bonchev–Trinajstić information content (AvgIpc) is 2.73. The Morgan fingerprint density at radius 2 is 1.89 bits per heavy atom. The Morgan fingerprint density at radius 1 is 1.11 bits per heavy atom. The third-order valence-corrected chi connectivity index (χ3v) is 5.01. The van der Waals surface area contributed by atoms with Gasteiger partial charge in [-0.3, -0.25) is 9.69 Å². The van der Waals surface area contributed by atoms with E-state index in [1.54, 1.807) is 0 Å². The van der Waals surface area contributed by atoms with Gasteiger partial charge in [0, 0.05) is 24.7 Å². The minimum absolute atomic E-state index is 0.0666. The van der Waals surface area contributed by atoms with Crippen LogP contribution in [-0.2, 0) is 6.61 Å². The molecule has 1 heterocycles. The first-order valence-electron chi connectivity index (χ1n) is 9.66. The second-order valence-electron chi connectivity index (χ2n) is 6.92. The number of piperidine rings is 1. The Hall–Kier alpha value is -2.37. The van der Waals surface area contributed by atoms with Crippen molar-refractivity contribution in [3.8, 4) is 5.75 Å². The minimum Gasteiger partial charge on any atom is -0.489 e. The smallest absolute Gasteiger partial charge is 0.251 e. The fourth-order valence-electron chi connectivity index (χ4n) is 3.41. The van der Waals surface area contributed by atoms with Crippen LogP contribution in [0.5, 0.6) is 5.75 Å². The average molecular weight is 368 g/mol. The predicted octanol–water partition coefficient (Wildman–Crippen LogP) is 2.84. The van der Waals surface area contributed by atoms with Crippen molar-refractivity contribution in [2.75, 3.05) is 26.2 Å². The number of nitrogens with zero attached hydrogens (tertiary/aromatic N) is 1. The fourth-order valence-corrected chi connectivity index (χ4v) is 3.41. The summed E-state index contributed by atoms with van der Waals surface area (Å²) in [4.78, 5) is 14.6. The van der Waals surface area contributed by atoms with Crippen LogP contribution >= 0.6 is 0 Å². The molecule has 0 saturated carbocycles. The van der Waals surface area contributed by atoms with E-state index < -0.39 is 0 Å². The number of carbonyl (C=O) groups excluding carboxylic acids is 1.